The summed E-state index contributed by atoms with van der Waals surface area (Å²) in [5, 5.41) is 13.6. The highest BCUT2D eigenvalue weighted by atomic mass is 32.1. The van der Waals surface area contributed by atoms with E-state index in [2.05, 4.69) is 10.3 Å². The van der Waals surface area contributed by atoms with Gasteiger partial charge in [0, 0.05) is 11.9 Å². The number of aromatic nitrogens is 1. The third-order valence-corrected chi connectivity index (χ3v) is 4.19. The molecule has 25 heavy (non-hydrogen) atoms. The molecule has 2 N–H and O–H groups in total. The number of carboxylic acid groups (broad SMARTS) is 1. The number of carbonyl (C=O) groups is 3. The number of nitrogens with zero attached hydrogens (tertiary/aromatic N) is 2. The summed E-state index contributed by atoms with van der Waals surface area (Å²) in [5.74, 6) is -1.19. The molecule has 0 spiro atoms. The average Bonchev–Trinajstić information content (AvgIpc) is 3.15. The van der Waals surface area contributed by atoms with Crippen molar-refractivity contribution in [2.75, 3.05) is 18.4 Å². The van der Waals surface area contributed by atoms with E-state index >= 15 is 0 Å². The number of hydrogen-bond donors (Lipinski definition) is 2. The van der Waals surface area contributed by atoms with Gasteiger partial charge < -0.3 is 14.4 Å². The number of rotatable bonds is 8. The highest BCUT2D eigenvalue weighted by molar-refractivity contribution is 7.14. The Morgan fingerprint density at radius 1 is 1.40 bits per heavy atom. The highest BCUT2D eigenvalue weighted by Gasteiger charge is 2.18. The van der Waals surface area contributed by atoms with Crippen molar-refractivity contribution >= 4 is 34.3 Å². The lowest BCUT2D eigenvalue weighted by atomic mass is 10.2. The molecule has 0 saturated heterocycles. The van der Waals surface area contributed by atoms with Gasteiger partial charge in [0.1, 0.15) is 12.3 Å². The zero-order valence-electron chi connectivity index (χ0n) is 13.9. The summed E-state index contributed by atoms with van der Waals surface area (Å²) in [6, 6.07) is 1.57. The molecular weight excluding hydrogens is 346 g/mol. The van der Waals surface area contributed by atoms with Crippen LogP contribution in [0.4, 0.5) is 5.13 Å². The summed E-state index contributed by atoms with van der Waals surface area (Å²) in [4.78, 5) is 40.7. The Morgan fingerprint density at radius 2 is 2.16 bits per heavy atom. The van der Waals surface area contributed by atoms with Crippen molar-refractivity contribution in [3.63, 3.8) is 0 Å². The van der Waals surface area contributed by atoms with E-state index in [1.807, 2.05) is 6.92 Å². The van der Waals surface area contributed by atoms with Crippen LogP contribution in [-0.4, -0.2) is 45.9 Å². The summed E-state index contributed by atoms with van der Waals surface area (Å²) in [7, 11) is 0. The fraction of sp³-hybridized carbons (Fsp3) is 0.375. The van der Waals surface area contributed by atoms with E-state index in [1.165, 1.54) is 22.5 Å². The molecule has 0 bridgehead atoms. The second-order valence-electron chi connectivity index (χ2n) is 5.37. The molecule has 0 aromatic carbocycles. The number of hydrogen-bond acceptors (Lipinski definition) is 6. The van der Waals surface area contributed by atoms with Gasteiger partial charge in [-0.05, 0) is 19.4 Å². The van der Waals surface area contributed by atoms with Crippen LogP contribution >= 0.6 is 11.3 Å². The Bertz CT molecular complexity index is 767. The van der Waals surface area contributed by atoms with Crippen LogP contribution in [0.25, 0.3) is 0 Å². The molecule has 9 heteroatoms. The van der Waals surface area contributed by atoms with E-state index < -0.39 is 5.97 Å². The zero-order chi connectivity index (χ0) is 18.4. The lowest BCUT2D eigenvalue weighted by Crippen LogP contribution is -2.37. The van der Waals surface area contributed by atoms with Crippen molar-refractivity contribution in [3.8, 4) is 0 Å². The number of furan rings is 1. The van der Waals surface area contributed by atoms with E-state index in [4.69, 9.17) is 9.52 Å². The zero-order valence-corrected chi connectivity index (χ0v) is 14.8. The molecule has 2 rings (SSSR count). The summed E-state index contributed by atoms with van der Waals surface area (Å²) < 4.78 is 5.09. The third kappa shape index (κ3) is 5.15. The average molecular weight is 365 g/mol. The van der Waals surface area contributed by atoms with E-state index in [9.17, 15) is 14.4 Å². The SMILES string of the molecule is CCCN(CC(=O)O)C(=O)Cc1csc(NC(=O)c2ccoc2C)n1. The first-order chi connectivity index (χ1) is 11.9. The molecule has 0 fully saturated rings. The number of nitrogens with one attached hydrogen (secondary N) is 1. The number of aryl methyl sites for hydroxylation is 1. The topological polar surface area (TPSA) is 113 Å². The van der Waals surface area contributed by atoms with Crippen molar-refractivity contribution < 1.29 is 23.9 Å². The first-order valence-corrected chi connectivity index (χ1v) is 8.58. The Hall–Kier alpha value is -2.68. The third-order valence-electron chi connectivity index (χ3n) is 3.38. The van der Waals surface area contributed by atoms with E-state index in [1.54, 1.807) is 18.4 Å². The van der Waals surface area contributed by atoms with Gasteiger partial charge in [0.25, 0.3) is 5.91 Å². The minimum atomic E-state index is -1.05. The molecule has 2 aromatic heterocycles. The molecule has 2 aromatic rings. The smallest absolute Gasteiger partial charge is 0.323 e. The molecule has 134 valence electrons. The van der Waals surface area contributed by atoms with Gasteiger partial charge in [0.15, 0.2) is 5.13 Å². The lowest BCUT2D eigenvalue weighted by molar-refractivity contribution is -0.144. The first-order valence-electron chi connectivity index (χ1n) is 7.70. The first kappa shape index (κ1) is 18.7. The molecule has 0 atom stereocenters. The summed E-state index contributed by atoms with van der Waals surface area (Å²) in [5.41, 5.74) is 0.907. The molecular formula is C16H19N3O5S. The molecule has 0 saturated carbocycles. The normalized spacial score (nSPS) is 10.5. The van der Waals surface area contributed by atoms with Crippen LogP contribution in [0.1, 0.15) is 35.2 Å². The van der Waals surface area contributed by atoms with Crippen LogP contribution in [0.5, 0.6) is 0 Å². The molecule has 0 aliphatic rings. The number of aliphatic carboxylic acids is 1. The molecule has 0 unspecified atom stereocenters. The Morgan fingerprint density at radius 3 is 2.76 bits per heavy atom. The number of thiazole rings is 1. The summed E-state index contributed by atoms with van der Waals surface area (Å²) >= 11 is 1.20. The predicted octanol–water partition coefficient (Wildman–Crippen LogP) is 2.16. The van der Waals surface area contributed by atoms with Crippen molar-refractivity contribution in [2.45, 2.75) is 26.7 Å². The molecule has 2 amide bonds. The Labute approximate surface area is 148 Å². The predicted molar refractivity (Wildman–Crippen MR) is 91.7 cm³/mol. The Balaban J connectivity index is 1.98. The maximum Gasteiger partial charge on any atom is 0.323 e. The minimum Gasteiger partial charge on any atom is -0.480 e. The number of carbonyl (C=O) groups excluding carboxylic acids is 2. The summed E-state index contributed by atoms with van der Waals surface area (Å²) in [6.07, 6.45) is 2.09. The van der Waals surface area contributed by atoms with E-state index in [0.717, 1.165) is 0 Å². The number of amides is 2. The standard InChI is InChI=1S/C16H19N3O5S/c1-3-5-19(8-14(21)22)13(20)7-11-9-25-16(17-11)18-15(23)12-4-6-24-10(12)2/h4,6,9H,3,5,7-8H2,1-2H3,(H,21,22)(H,17,18,23). The van der Waals surface area contributed by atoms with E-state index in [0.29, 0.717) is 35.1 Å². The Kier molecular flexibility index (Phi) is 6.29. The minimum absolute atomic E-state index is 0.00954. The van der Waals surface area contributed by atoms with Gasteiger partial charge in [-0.1, -0.05) is 6.92 Å². The van der Waals surface area contributed by atoms with Gasteiger partial charge in [-0.3, -0.25) is 19.7 Å². The van der Waals surface area contributed by atoms with Crippen molar-refractivity contribution in [2.24, 2.45) is 0 Å². The molecule has 0 aliphatic carbocycles. The second-order valence-corrected chi connectivity index (χ2v) is 6.23. The summed E-state index contributed by atoms with van der Waals surface area (Å²) in [6.45, 7) is 3.60. The maximum absolute atomic E-state index is 12.2. The number of carboxylic acids is 1. The molecule has 2 heterocycles. The maximum atomic E-state index is 12.2. The fourth-order valence-corrected chi connectivity index (χ4v) is 2.93. The van der Waals surface area contributed by atoms with Crippen LogP contribution in [0.2, 0.25) is 0 Å². The van der Waals surface area contributed by atoms with Crippen LogP contribution in [0, 0.1) is 6.92 Å². The molecule has 8 nitrogen and oxygen atoms in total. The highest BCUT2D eigenvalue weighted by Crippen LogP contribution is 2.18. The fourth-order valence-electron chi connectivity index (χ4n) is 2.22. The van der Waals surface area contributed by atoms with Gasteiger partial charge >= 0.3 is 5.97 Å². The largest absolute Gasteiger partial charge is 0.480 e. The second kappa shape index (κ2) is 8.43. The van der Waals surface area contributed by atoms with Crippen molar-refractivity contribution in [1.29, 1.82) is 0 Å². The van der Waals surface area contributed by atoms with Crippen LogP contribution in [0.3, 0.4) is 0 Å². The van der Waals surface area contributed by atoms with Crippen LogP contribution < -0.4 is 5.32 Å². The van der Waals surface area contributed by atoms with E-state index in [-0.39, 0.29) is 24.8 Å². The van der Waals surface area contributed by atoms with Crippen molar-refractivity contribution in [3.05, 3.63) is 34.7 Å². The van der Waals surface area contributed by atoms with Gasteiger partial charge in [0.05, 0.1) is 23.9 Å². The van der Waals surface area contributed by atoms with Crippen LogP contribution in [0.15, 0.2) is 22.1 Å². The van der Waals surface area contributed by atoms with Gasteiger partial charge in [-0.25, -0.2) is 4.98 Å². The van der Waals surface area contributed by atoms with Gasteiger partial charge in [0.2, 0.25) is 5.91 Å². The quantitative estimate of drug-likeness (QED) is 0.741. The van der Waals surface area contributed by atoms with Crippen molar-refractivity contribution in [1.82, 2.24) is 9.88 Å². The van der Waals surface area contributed by atoms with Gasteiger partial charge in [-0.2, -0.15) is 0 Å². The molecule has 0 radical (unpaired) electrons. The van der Waals surface area contributed by atoms with Crippen LogP contribution in [-0.2, 0) is 16.0 Å². The monoisotopic (exact) mass is 365 g/mol. The molecule has 0 aliphatic heterocycles. The lowest BCUT2D eigenvalue weighted by Gasteiger charge is -2.19. The number of anilines is 1. The van der Waals surface area contributed by atoms with Gasteiger partial charge in [-0.15, -0.1) is 11.3 Å².